The van der Waals surface area contributed by atoms with Crippen LogP contribution in [0.15, 0.2) is 67.4 Å². The fourth-order valence-electron chi connectivity index (χ4n) is 2.98. The lowest BCUT2D eigenvalue weighted by Gasteiger charge is -2.21. The minimum absolute atomic E-state index is 0.130. The summed E-state index contributed by atoms with van der Waals surface area (Å²) in [6, 6.07) is 15.2. The van der Waals surface area contributed by atoms with E-state index in [0.717, 1.165) is 16.9 Å². The van der Waals surface area contributed by atoms with Gasteiger partial charge in [0.05, 0.1) is 31.7 Å². The molecule has 0 atom stereocenters. The van der Waals surface area contributed by atoms with Crippen molar-refractivity contribution in [3.63, 3.8) is 0 Å². The van der Waals surface area contributed by atoms with Crippen LogP contribution in [0, 0.1) is 0 Å². The maximum absolute atomic E-state index is 13.3. The summed E-state index contributed by atoms with van der Waals surface area (Å²) in [6.07, 6.45) is 3.27. The molecule has 1 N–H and O–H groups in total. The summed E-state index contributed by atoms with van der Waals surface area (Å²) < 4.78 is 10.6. The summed E-state index contributed by atoms with van der Waals surface area (Å²) in [5.41, 5.74) is 2.96. The summed E-state index contributed by atoms with van der Waals surface area (Å²) in [4.78, 5) is 15.0. The Morgan fingerprint density at radius 2 is 1.86 bits per heavy atom. The lowest BCUT2D eigenvalue weighted by atomic mass is 10.1. The number of amides is 1. The third-order valence-corrected chi connectivity index (χ3v) is 4.37. The second kappa shape index (κ2) is 8.90. The van der Waals surface area contributed by atoms with E-state index in [1.807, 2.05) is 48.5 Å². The second-order valence-electron chi connectivity index (χ2n) is 6.22. The highest BCUT2D eigenvalue weighted by molar-refractivity contribution is 5.99. The molecule has 144 valence electrons. The van der Waals surface area contributed by atoms with Crippen molar-refractivity contribution in [2.24, 2.45) is 0 Å². The lowest BCUT2D eigenvalue weighted by molar-refractivity contribution is 0.0763. The molecular weight excluding hydrogens is 354 g/mol. The number of nitrogens with one attached hydrogen (secondary N) is 1. The van der Waals surface area contributed by atoms with Gasteiger partial charge < -0.3 is 14.4 Å². The standard InChI is InChI=1S/C22H23N3O3/c1-4-11-25(15-16-7-5-9-18(12-16)27-2)22(26)20-14-23-24-21(20)17-8-6-10-19(13-17)28-3/h4-10,12-14H,1,11,15H2,2-3H3,(H,23,24). The molecule has 0 bridgehead atoms. The minimum Gasteiger partial charge on any atom is -0.497 e. The van der Waals surface area contributed by atoms with Crippen LogP contribution in [-0.4, -0.2) is 41.8 Å². The molecule has 0 aliphatic carbocycles. The number of methoxy groups -OCH3 is 2. The van der Waals surface area contributed by atoms with E-state index in [1.165, 1.54) is 0 Å². The van der Waals surface area contributed by atoms with Crippen molar-refractivity contribution in [2.75, 3.05) is 20.8 Å². The van der Waals surface area contributed by atoms with Crippen LogP contribution >= 0.6 is 0 Å². The predicted octanol–water partition coefficient (Wildman–Crippen LogP) is 3.92. The molecule has 0 saturated carbocycles. The van der Waals surface area contributed by atoms with Crippen LogP contribution in [0.3, 0.4) is 0 Å². The average Bonchev–Trinajstić information content (AvgIpc) is 3.23. The fourth-order valence-corrected chi connectivity index (χ4v) is 2.98. The van der Waals surface area contributed by atoms with Gasteiger partial charge in [0, 0.05) is 18.7 Å². The molecule has 0 aliphatic rings. The van der Waals surface area contributed by atoms with Crippen molar-refractivity contribution in [1.29, 1.82) is 0 Å². The molecule has 0 radical (unpaired) electrons. The van der Waals surface area contributed by atoms with Gasteiger partial charge in [-0.25, -0.2) is 0 Å². The third kappa shape index (κ3) is 4.23. The Kier molecular flexibility index (Phi) is 6.11. The number of carbonyl (C=O) groups excluding carboxylic acids is 1. The molecule has 0 unspecified atom stereocenters. The number of H-pyrrole nitrogens is 1. The number of nitrogens with zero attached hydrogens (tertiary/aromatic N) is 2. The molecular formula is C22H23N3O3. The zero-order chi connectivity index (χ0) is 19.9. The van der Waals surface area contributed by atoms with Crippen molar-refractivity contribution < 1.29 is 14.3 Å². The van der Waals surface area contributed by atoms with E-state index < -0.39 is 0 Å². The summed E-state index contributed by atoms with van der Waals surface area (Å²) in [5.74, 6) is 1.34. The molecule has 6 heteroatoms. The van der Waals surface area contributed by atoms with E-state index in [-0.39, 0.29) is 5.91 Å². The number of carbonyl (C=O) groups is 1. The van der Waals surface area contributed by atoms with Crippen molar-refractivity contribution >= 4 is 5.91 Å². The first-order valence-corrected chi connectivity index (χ1v) is 8.87. The summed E-state index contributed by atoms with van der Waals surface area (Å²) in [7, 11) is 3.23. The van der Waals surface area contributed by atoms with Gasteiger partial charge in [-0.2, -0.15) is 5.10 Å². The first-order valence-electron chi connectivity index (χ1n) is 8.87. The Morgan fingerprint density at radius 3 is 2.57 bits per heavy atom. The van der Waals surface area contributed by atoms with Gasteiger partial charge in [0.25, 0.3) is 5.91 Å². The van der Waals surface area contributed by atoms with Gasteiger partial charge in [0.15, 0.2) is 0 Å². The highest BCUT2D eigenvalue weighted by Crippen LogP contribution is 2.26. The third-order valence-electron chi connectivity index (χ3n) is 4.37. The molecule has 0 spiro atoms. The summed E-state index contributed by atoms with van der Waals surface area (Å²) in [6.45, 7) is 4.64. The summed E-state index contributed by atoms with van der Waals surface area (Å²) >= 11 is 0. The van der Waals surface area contributed by atoms with Crippen molar-refractivity contribution in [3.05, 3.63) is 78.5 Å². The van der Waals surface area contributed by atoms with Crippen LogP contribution in [0.25, 0.3) is 11.3 Å². The number of aromatic amines is 1. The van der Waals surface area contributed by atoms with Gasteiger partial charge in [0.2, 0.25) is 0 Å². The molecule has 6 nitrogen and oxygen atoms in total. The fraction of sp³-hybridized carbons (Fsp3) is 0.182. The maximum atomic E-state index is 13.3. The van der Waals surface area contributed by atoms with E-state index in [4.69, 9.17) is 9.47 Å². The van der Waals surface area contributed by atoms with E-state index in [9.17, 15) is 4.79 Å². The molecule has 0 aliphatic heterocycles. The van der Waals surface area contributed by atoms with E-state index >= 15 is 0 Å². The molecule has 1 heterocycles. The highest BCUT2D eigenvalue weighted by Gasteiger charge is 2.21. The maximum Gasteiger partial charge on any atom is 0.258 e. The molecule has 3 rings (SSSR count). The first kappa shape index (κ1) is 19.2. The zero-order valence-corrected chi connectivity index (χ0v) is 16.0. The number of rotatable bonds is 8. The summed E-state index contributed by atoms with van der Waals surface area (Å²) in [5, 5.41) is 7.03. The van der Waals surface area contributed by atoms with E-state index in [2.05, 4.69) is 16.8 Å². The van der Waals surface area contributed by atoms with Crippen molar-refractivity contribution in [2.45, 2.75) is 6.54 Å². The zero-order valence-electron chi connectivity index (χ0n) is 16.0. The smallest absolute Gasteiger partial charge is 0.258 e. The Balaban J connectivity index is 1.90. The Labute approximate surface area is 164 Å². The average molecular weight is 377 g/mol. The van der Waals surface area contributed by atoms with Crippen LogP contribution < -0.4 is 9.47 Å². The Bertz CT molecular complexity index is 965. The second-order valence-corrected chi connectivity index (χ2v) is 6.22. The van der Waals surface area contributed by atoms with Gasteiger partial charge >= 0.3 is 0 Å². The Morgan fingerprint density at radius 1 is 1.14 bits per heavy atom. The molecule has 0 saturated heterocycles. The molecule has 1 aromatic heterocycles. The molecule has 0 fully saturated rings. The van der Waals surface area contributed by atoms with Gasteiger partial charge in [-0.1, -0.05) is 30.3 Å². The Hall–Kier alpha value is -3.54. The molecule has 1 amide bonds. The topological polar surface area (TPSA) is 67.5 Å². The normalized spacial score (nSPS) is 10.4. The minimum atomic E-state index is -0.130. The van der Waals surface area contributed by atoms with Gasteiger partial charge in [-0.05, 0) is 29.8 Å². The number of hydrogen-bond donors (Lipinski definition) is 1. The number of aromatic nitrogens is 2. The monoisotopic (exact) mass is 377 g/mol. The van der Waals surface area contributed by atoms with Crippen LogP contribution in [0.4, 0.5) is 0 Å². The SMILES string of the molecule is C=CCN(Cc1cccc(OC)c1)C(=O)c1cn[nH]c1-c1cccc(OC)c1. The largest absolute Gasteiger partial charge is 0.497 e. The van der Waals surface area contributed by atoms with Crippen LogP contribution in [0.2, 0.25) is 0 Å². The van der Waals surface area contributed by atoms with Crippen LogP contribution in [-0.2, 0) is 6.54 Å². The van der Waals surface area contributed by atoms with Gasteiger partial charge in [0.1, 0.15) is 11.5 Å². The quantitative estimate of drug-likeness (QED) is 0.604. The highest BCUT2D eigenvalue weighted by atomic mass is 16.5. The van der Waals surface area contributed by atoms with Crippen LogP contribution in [0.1, 0.15) is 15.9 Å². The van der Waals surface area contributed by atoms with Gasteiger partial charge in [-0.15, -0.1) is 6.58 Å². The van der Waals surface area contributed by atoms with E-state index in [0.29, 0.717) is 30.1 Å². The number of hydrogen-bond acceptors (Lipinski definition) is 4. The molecule has 3 aromatic rings. The lowest BCUT2D eigenvalue weighted by Crippen LogP contribution is -2.30. The molecule has 28 heavy (non-hydrogen) atoms. The number of benzene rings is 2. The van der Waals surface area contributed by atoms with Crippen LogP contribution in [0.5, 0.6) is 11.5 Å². The number of ether oxygens (including phenoxy) is 2. The van der Waals surface area contributed by atoms with Crippen molar-refractivity contribution in [3.8, 4) is 22.8 Å². The van der Waals surface area contributed by atoms with Gasteiger partial charge in [-0.3, -0.25) is 9.89 Å². The first-order chi connectivity index (χ1) is 13.7. The van der Waals surface area contributed by atoms with E-state index in [1.54, 1.807) is 31.4 Å². The predicted molar refractivity (Wildman–Crippen MR) is 109 cm³/mol. The molecule has 2 aromatic carbocycles. The van der Waals surface area contributed by atoms with Crippen molar-refractivity contribution in [1.82, 2.24) is 15.1 Å².